The van der Waals surface area contributed by atoms with Gasteiger partial charge >= 0.3 is 5.69 Å². The number of nitrogen functional groups attached to an aromatic ring is 1. The normalized spacial score (nSPS) is 10.4. The van der Waals surface area contributed by atoms with Crippen LogP contribution >= 0.6 is 0 Å². The van der Waals surface area contributed by atoms with Crippen LogP contribution in [0.4, 0.5) is 16.0 Å². The van der Waals surface area contributed by atoms with E-state index in [9.17, 15) is 19.6 Å². The average Bonchev–Trinajstić information content (AvgIpc) is 2.64. The number of benzene rings is 1. The van der Waals surface area contributed by atoms with E-state index in [0.29, 0.717) is 6.07 Å². The lowest BCUT2D eigenvalue weighted by Gasteiger charge is -2.01. The molecule has 0 radical (unpaired) electrons. The van der Waals surface area contributed by atoms with Crippen molar-refractivity contribution in [1.82, 2.24) is 5.16 Å². The summed E-state index contributed by atoms with van der Waals surface area (Å²) in [5, 5.41) is 23.5. The van der Waals surface area contributed by atoms with Crippen LogP contribution in [0, 0.1) is 15.9 Å². The van der Waals surface area contributed by atoms with Crippen LogP contribution in [-0.2, 0) is 0 Å². The quantitative estimate of drug-likeness (QED) is 0.608. The topological polar surface area (TPSA) is 115 Å². The first-order chi connectivity index (χ1) is 7.99. The Labute approximate surface area is 93.4 Å². The lowest BCUT2D eigenvalue weighted by molar-refractivity contribution is -0.387. The molecule has 0 aliphatic heterocycles. The molecular weight excluding hydrogens is 233 g/mol. The van der Waals surface area contributed by atoms with Gasteiger partial charge in [-0.25, -0.2) is 0 Å². The first kappa shape index (κ1) is 10.9. The number of phenolic OH excluding ortho intramolecular Hbond substituents is 1. The minimum absolute atomic E-state index is 0.0219. The van der Waals surface area contributed by atoms with Crippen molar-refractivity contribution >= 4 is 11.6 Å². The van der Waals surface area contributed by atoms with Gasteiger partial charge in [-0.2, -0.15) is 4.39 Å². The summed E-state index contributed by atoms with van der Waals surface area (Å²) in [5.74, 6) is -1.64. The molecule has 0 aliphatic rings. The Morgan fingerprint density at radius 1 is 1.47 bits per heavy atom. The monoisotopic (exact) mass is 239 g/mol. The van der Waals surface area contributed by atoms with E-state index in [1.807, 2.05) is 0 Å². The Balaban J connectivity index is 2.62. The molecule has 1 aromatic carbocycles. The third-order valence-electron chi connectivity index (χ3n) is 2.07. The zero-order valence-electron chi connectivity index (χ0n) is 8.25. The second-order valence-electron chi connectivity index (χ2n) is 3.19. The van der Waals surface area contributed by atoms with Crippen LogP contribution in [0.3, 0.4) is 0 Å². The first-order valence-electron chi connectivity index (χ1n) is 4.38. The van der Waals surface area contributed by atoms with Crippen molar-refractivity contribution in [1.29, 1.82) is 0 Å². The number of nitrogens with two attached hydrogens (primary N) is 1. The van der Waals surface area contributed by atoms with Gasteiger partial charge in [0.15, 0.2) is 0 Å². The van der Waals surface area contributed by atoms with Crippen LogP contribution in [0.2, 0.25) is 0 Å². The Bertz CT molecular complexity index is 596. The van der Waals surface area contributed by atoms with Gasteiger partial charge in [-0.15, -0.1) is 0 Å². The predicted molar refractivity (Wildman–Crippen MR) is 54.6 cm³/mol. The number of hydrogen-bond acceptors (Lipinski definition) is 6. The number of aromatic nitrogens is 1. The van der Waals surface area contributed by atoms with Crippen molar-refractivity contribution in [2.24, 2.45) is 0 Å². The highest BCUT2D eigenvalue weighted by Gasteiger charge is 2.20. The van der Waals surface area contributed by atoms with Crippen LogP contribution in [0.15, 0.2) is 22.7 Å². The van der Waals surface area contributed by atoms with Crippen molar-refractivity contribution in [3.8, 4) is 17.0 Å². The fraction of sp³-hybridized carbons (Fsp3) is 0. The first-order valence-corrected chi connectivity index (χ1v) is 4.38. The third-order valence-corrected chi connectivity index (χ3v) is 2.07. The fourth-order valence-electron chi connectivity index (χ4n) is 1.31. The molecule has 0 bridgehead atoms. The smallest absolute Gasteiger partial charge is 0.305 e. The number of nitro groups is 1. The van der Waals surface area contributed by atoms with Gasteiger partial charge in [0, 0.05) is 18.2 Å². The molecule has 3 N–H and O–H groups in total. The molecule has 8 heteroatoms. The summed E-state index contributed by atoms with van der Waals surface area (Å²) in [6.45, 7) is 0. The maximum atomic E-state index is 13.1. The van der Waals surface area contributed by atoms with Crippen molar-refractivity contribution in [3.63, 3.8) is 0 Å². The number of aromatic hydroxyl groups is 1. The summed E-state index contributed by atoms with van der Waals surface area (Å²) >= 11 is 0. The Morgan fingerprint density at radius 2 is 2.18 bits per heavy atom. The minimum atomic E-state index is -1.13. The van der Waals surface area contributed by atoms with E-state index in [4.69, 9.17) is 5.73 Å². The SMILES string of the molecule is Nc1cc(-c2cc([N+](=O)[O-])c(F)cc2O)no1. The van der Waals surface area contributed by atoms with Gasteiger partial charge in [0.2, 0.25) is 11.7 Å². The summed E-state index contributed by atoms with van der Waals surface area (Å²) in [4.78, 5) is 9.64. The summed E-state index contributed by atoms with van der Waals surface area (Å²) < 4.78 is 17.7. The molecule has 1 heterocycles. The summed E-state index contributed by atoms with van der Waals surface area (Å²) in [6.07, 6.45) is 0. The lowest BCUT2D eigenvalue weighted by atomic mass is 10.1. The molecule has 0 atom stereocenters. The number of hydrogen-bond donors (Lipinski definition) is 2. The van der Waals surface area contributed by atoms with Gasteiger partial charge < -0.3 is 15.4 Å². The molecule has 0 saturated carbocycles. The summed E-state index contributed by atoms with van der Waals surface area (Å²) in [6, 6.07) is 2.76. The van der Waals surface area contributed by atoms with E-state index in [2.05, 4.69) is 9.68 Å². The van der Waals surface area contributed by atoms with E-state index in [-0.39, 0.29) is 17.1 Å². The molecule has 2 aromatic rings. The number of nitrogens with zero attached hydrogens (tertiary/aromatic N) is 2. The molecule has 7 nitrogen and oxygen atoms in total. The molecular formula is C9H6FN3O4. The van der Waals surface area contributed by atoms with E-state index in [1.54, 1.807) is 0 Å². The highest BCUT2D eigenvalue weighted by Crippen LogP contribution is 2.34. The highest BCUT2D eigenvalue weighted by molar-refractivity contribution is 5.70. The summed E-state index contributed by atoms with van der Waals surface area (Å²) in [5.41, 5.74) is 4.57. The molecule has 0 unspecified atom stereocenters. The van der Waals surface area contributed by atoms with Gasteiger partial charge in [-0.05, 0) is 0 Å². The van der Waals surface area contributed by atoms with Crippen LogP contribution in [0.1, 0.15) is 0 Å². The maximum Gasteiger partial charge on any atom is 0.305 e. The van der Waals surface area contributed by atoms with E-state index in [1.165, 1.54) is 6.07 Å². The van der Waals surface area contributed by atoms with E-state index >= 15 is 0 Å². The van der Waals surface area contributed by atoms with Crippen LogP contribution < -0.4 is 5.73 Å². The zero-order chi connectivity index (χ0) is 12.6. The molecule has 0 aliphatic carbocycles. The van der Waals surface area contributed by atoms with E-state index in [0.717, 1.165) is 6.07 Å². The average molecular weight is 239 g/mol. The molecule has 0 spiro atoms. The van der Waals surface area contributed by atoms with Gasteiger partial charge in [0.25, 0.3) is 0 Å². The number of rotatable bonds is 2. The van der Waals surface area contributed by atoms with Crippen LogP contribution in [0.5, 0.6) is 5.75 Å². The highest BCUT2D eigenvalue weighted by atomic mass is 19.1. The Hall–Kier alpha value is -2.64. The maximum absolute atomic E-state index is 13.1. The molecule has 1 aromatic heterocycles. The molecule has 2 rings (SSSR count). The van der Waals surface area contributed by atoms with Crippen LogP contribution in [-0.4, -0.2) is 15.2 Å². The van der Waals surface area contributed by atoms with Crippen molar-refractivity contribution in [2.45, 2.75) is 0 Å². The van der Waals surface area contributed by atoms with E-state index < -0.39 is 22.2 Å². The lowest BCUT2D eigenvalue weighted by Crippen LogP contribution is -1.93. The molecule has 0 amide bonds. The molecule has 0 saturated heterocycles. The minimum Gasteiger partial charge on any atom is -0.507 e. The van der Waals surface area contributed by atoms with Crippen molar-refractivity contribution < 1.29 is 18.9 Å². The van der Waals surface area contributed by atoms with Crippen molar-refractivity contribution in [3.05, 3.63) is 34.1 Å². The molecule has 88 valence electrons. The molecule has 17 heavy (non-hydrogen) atoms. The fourth-order valence-corrected chi connectivity index (χ4v) is 1.31. The number of anilines is 1. The Kier molecular flexibility index (Phi) is 2.39. The largest absolute Gasteiger partial charge is 0.507 e. The number of nitro benzene ring substituents is 1. The van der Waals surface area contributed by atoms with Gasteiger partial charge in [-0.3, -0.25) is 10.1 Å². The number of halogens is 1. The molecule has 0 fully saturated rings. The van der Waals surface area contributed by atoms with Gasteiger partial charge in [0.1, 0.15) is 11.4 Å². The predicted octanol–water partition coefficient (Wildman–Crippen LogP) is 1.68. The Morgan fingerprint density at radius 3 is 2.71 bits per heavy atom. The third kappa shape index (κ3) is 1.87. The second-order valence-corrected chi connectivity index (χ2v) is 3.19. The van der Waals surface area contributed by atoms with Gasteiger partial charge in [-0.1, -0.05) is 5.16 Å². The summed E-state index contributed by atoms with van der Waals surface area (Å²) in [7, 11) is 0. The second kappa shape index (κ2) is 3.74. The van der Waals surface area contributed by atoms with Crippen molar-refractivity contribution in [2.75, 3.05) is 5.73 Å². The van der Waals surface area contributed by atoms with Gasteiger partial charge in [0.05, 0.1) is 10.5 Å². The number of phenols is 1. The zero-order valence-corrected chi connectivity index (χ0v) is 8.25. The standard InChI is InChI=1S/C9H6FN3O4/c10-5-2-8(14)4(1-7(5)13(15)16)6-3-9(11)17-12-6/h1-3,14H,11H2. The van der Waals surface area contributed by atoms with Crippen LogP contribution in [0.25, 0.3) is 11.3 Å².